The molecule has 1 fully saturated rings. The van der Waals surface area contributed by atoms with E-state index in [0.29, 0.717) is 23.8 Å². The number of nitrogens with one attached hydrogen (secondary N) is 2. The average Bonchev–Trinajstić information content (AvgIpc) is 3.31. The molecule has 1 aliphatic rings. The zero-order valence-electron chi connectivity index (χ0n) is 19.0. The first-order valence-electron chi connectivity index (χ1n) is 11.3. The number of benzene rings is 1. The van der Waals surface area contributed by atoms with Crippen molar-refractivity contribution < 1.29 is 9.21 Å². The highest BCUT2D eigenvalue weighted by Gasteiger charge is 2.23. The van der Waals surface area contributed by atoms with Gasteiger partial charge in [-0.1, -0.05) is 19.1 Å². The van der Waals surface area contributed by atoms with Gasteiger partial charge in [0, 0.05) is 37.7 Å². The molecule has 4 rings (SSSR count). The van der Waals surface area contributed by atoms with Gasteiger partial charge in [-0.2, -0.15) is 0 Å². The molecule has 1 saturated heterocycles. The Balaban J connectivity index is 1.46. The molecule has 0 unspecified atom stereocenters. The van der Waals surface area contributed by atoms with Crippen molar-refractivity contribution in [2.75, 3.05) is 30.8 Å². The highest BCUT2D eigenvalue weighted by molar-refractivity contribution is 5.76. The summed E-state index contributed by atoms with van der Waals surface area (Å²) in [5.74, 6) is 1.69. The van der Waals surface area contributed by atoms with E-state index in [2.05, 4.69) is 35.7 Å². The van der Waals surface area contributed by atoms with Crippen LogP contribution in [-0.2, 0) is 11.3 Å². The molecule has 1 amide bonds. The van der Waals surface area contributed by atoms with Crippen LogP contribution in [0, 0.1) is 0 Å². The number of nitrogens with zero attached hydrogens (tertiary/aromatic N) is 5. The summed E-state index contributed by atoms with van der Waals surface area (Å²) in [4.78, 5) is 23.0. The number of piperidine rings is 1. The van der Waals surface area contributed by atoms with Crippen molar-refractivity contribution >= 4 is 17.5 Å². The second kappa shape index (κ2) is 10.4. The summed E-state index contributed by atoms with van der Waals surface area (Å²) >= 11 is 0. The van der Waals surface area contributed by atoms with Gasteiger partial charge < -0.3 is 25.7 Å². The number of carbonyl (C=O) groups excluding carboxylic acids is 1. The minimum Gasteiger partial charge on any atom is -0.414 e. The van der Waals surface area contributed by atoms with Gasteiger partial charge in [-0.25, -0.2) is 9.97 Å². The normalized spacial score (nSPS) is 14.4. The first-order valence-corrected chi connectivity index (χ1v) is 11.3. The van der Waals surface area contributed by atoms with Crippen LogP contribution in [0.25, 0.3) is 23.0 Å². The molecule has 3 heterocycles. The second-order valence-corrected chi connectivity index (χ2v) is 8.18. The standard InChI is InChI=1S/C23H30N8O2/c1-3-4-19(32)27-17-9-11-31(12-10-17)18-14-26-21(24)20(28-18)23-30-29-22(33-23)16-7-5-15(6-8-16)13-25-2/h5-8,14,17,25H,3-4,9-13H2,1-2H3,(H2,24,26)(H,27,32). The van der Waals surface area contributed by atoms with Crippen molar-refractivity contribution in [3.05, 3.63) is 36.0 Å². The summed E-state index contributed by atoms with van der Waals surface area (Å²) in [6.07, 6.45) is 4.79. The summed E-state index contributed by atoms with van der Waals surface area (Å²) < 4.78 is 5.88. The Bertz CT molecular complexity index is 1070. The number of carbonyl (C=O) groups is 1. The maximum Gasteiger partial charge on any atom is 0.270 e. The van der Waals surface area contributed by atoms with Crippen LogP contribution in [0.4, 0.5) is 11.6 Å². The topological polar surface area (TPSA) is 135 Å². The van der Waals surface area contributed by atoms with Gasteiger partial charge in [-0.15, -0.1) is 10.2 Å². The van der Waals surface area contributed by atoms with Gasteiger partial charge in [-0.05, 0) is 44.0 Å². The molecule has 2 aromatic heterocycles. The van der Waals surface area contributed by atoms with Crippen LogP contribution in [0.2, 0.25) is 0 Å². The summed E-state index contributed by atoms with van der Waals surface area (Å²) in [6.45, 7) is 4.33. The van der Waals surface area contributed by atoms with Crippen LogP contribution in [0.15, 0.2) is 34.9 Å². The maximum absolute atomic E-state index is 11.9. The summed E-state index contributed by atoms with van der Waals surface area (Å²) in [6, 6.07) is 8.11. The Morgan fingerprint density at radius 3 is 2.61 bits per heavy atom. The molecule has 0 radical (unpaired) electrons. The number of hydrogen-bond donors (Lipinski definition) is 3. The Labute approximate surface area is 193 Å². The predicted octanol–water partition coefficient (Wildman–Crippen LogP) is 2.38. The number of anilines is 2. The molecule has 0 aliphatic carbocycles. The predicted molar refractivity (Wildman–Crippen MR) is 126 cm³/mol. The quantitative estimate of drug-likeness (QED) is 0.472. The third-order valence-corrected chi connectivity index (χ3v) is 5.66. The van der Waals surface area contributed by atoms with Crippen LogP contribution in [0.5, 0.6) is 0 Å². The highest BCUT2D eigenvalue weighted by Crippen LogP contribution is 2.28. The van der Waals surface area contributed by atoms with E-state index < -0.39 is 0 Å². The molecule has 1 aliphatic heterocycles. The van der Waals surface area contributed by atoms with Crippen molar-refractivity contribution in [3.63, 3.8) is 0 Å². The molecule has 0 saturated carbocycles. The fraction of sp³-hybridized carbons (Fsp3) is 0.435. The number of aromatic nitrogens is 4. The molecule has 1 aromatic carbocycles. The Hall–Kier alpha value is -3.53. The van der Waals surface area contributed by atoms with E-state index in [1.54, 1.807) is 6.20 Å². The van der Waals surface area contributed by atoms with Gasteiger partial charge in [0.1, 0.15) is 5.82 Å². The van der Waals surface area contributed by atoms with Gasteiger partial charge >= 0.3 is 0 Å². The molecular formula is C23H30N8O2. The molecule has 0 spiro atoms. The van der Waals surface area contributed by atoms with Gasteiger partial charge in [0.05, 0.1) is 6.20 Å². The Morgan fingerprint density at radius 1 is 1.18 bits per heavy atom. The van der Waals surface area contributed by atoms with Crippen molar-refractivity contribution in [1.82, 2.24) is 30.8 Å². The lowest BCUT2D eigenvalue weighted by molar-refractivity contribution is -0.121. The SMILES string of the molecule is CCCC(=O)NC1CCN(c2cnc(N)c(-c3nnc(-c4ccc(CNC)cc4)o3)n2)CC1. The first kappa shape index (κ1) is 22.7. The average molecular weight is 451 g/mol. The molecule has 33 heavy (non-hydrogen) atoms. The lowest BCUT2D eigenvalue weighted by Gasteiger charge is -2.33. The Kier molecular flexibility index (Phi) is 7.13. The van der Waals surface area contributed by atoms with E-state index in [0.717, 1.165) is 50.0 Å². The van der Waals surface area contributed by atoms with E-state index in [4.69, 9.17) is 10.2 Å². The Morgan fingerprint density at radius 2 is 1.91 bits per heavy atom. The van der Waals surface area contributed by atoms with Crippen molar-refractivity contribution in [3.8, 4) is 23.0 Å². The van der Waals surface area contributed by atoms with Gasteiger partial charge in [0.2, 0.25) is 11.8 Å². The molecule has 174 valence electrons. The van der Waals surface area contributed by atoms with Gasteiger partial charge in [-0.3, -0.25) is 4.79 Å². The largest absolute Gasteiger partial charge is 0.414 e. The lowest BCUT2D eigenvalue weighted by atomic mass is 10.0. The van der Waals surface area contributed by atoms with Crippen LogP contribution < -0.4 is 21.3 Å². The zero-order chi connectivity index (χ0) is 23.2. The maximum atomic E-state index is 11.9. The monoisotopic (exact) mass is 450 g/mol. The number of rotatable bonds is 8. The fourth-order valence-electron chi connectivity index (χ4n) is 3.88. The summed E-state index contributed by atoms with van der Waals surface area (Å²) in [5.41, 5.74) is 8.44. The minimum absolute atomic E-state index is 0.120. The van der Waals surface area contributed by atoms with E-state index in [9.17, 15) is 4.79 Å². The first-order chi connectivity index (χ1) is 16.1. The van der Waals surface area contributed by atoms with Crippen molar-refractivity contribution in [2.24, 2.45) is 0 Å². The van der Waals surface area contributed by atoms with Crippen molar-refractivity contribution in [2.45, 2.75) is 45.2 Å². The van der Waals surface area contributed by atoms with Crippen LogP contribution in [0.1, 0.15) is 38.2 Å². The third kappa shape index (κ3) is 5.46. The van der Waals surface area contributed by atoms with Crippen molar-refractivity contribution in [1.29, 1.82) is 0 Å². The second-order valence-electron chi connectivity index (χ2n) is 8.18. The molecule has 3 aromatic rings. The number of hydrogen-bond acceptors (Lipinski definition) is 9. The van der Waals surface area contributed by atoms with E-state index in [1.165, 1.54) is 0 Å². The third-order valence-electron chi connectivity index (χ3n) is 5.66. The van der Waals surface area contributed by atoms with Crippen LogP contribution in [-0.4, -0.2) is 52.3 Å². The lowest BCUT2D eigenvalue weighted by Crippen LogP contribution is -2.45. The van der Waals surface area contributed by atoms with E-state index >= 15 is 0 Å². The summed E-state index contributed by atoms with van der Waals surface area (Å²) in [7, 11) is 1.91. The van der Waals surface area contributed by atoms with E-state index in [1.807, 2.05) is 38.2 Å². The molecule has 10 nitrogen and oxygen atoms in total. The van der Waals surface area contributed by atoms with Crippen LogP contribution in [0.3, 0.4) is 0 Å². The molecular weight excluding hydrogens is 420 g/mol. The summed E-state index contributed by atoms with van der Waals surface area (Å²) in [5, 5.41) is 14.5. The number of nitrogens with two attached hydrogens (primary N) is 1. The molecule has 0 bridgehead atoms. The highest BCUT2D eigenvalue weighted by atomic mass is 16.4. The zero-order valence-corrected chi connectivity index (χ0v) is 19.0. The number of amides is 1. The minimum atomic E-state index is 0.120. The molecule has 0 atom stereocenters. The smallest absolute Gasteiger partial charge is 0.270 e. The number of nitrogen functional groups attached to an aromatic ring is 1. The van der Waals surface area contributed by atoms with Gasteiger partial charge in [0.25, 0.3) is 5.89 Å². The van der Waals surface area contributed by atoms with Gasteiger partial charge in [0.15, 0.2) is 11.5 Å². The van der Waals surface area contributed by atoms with E-state index in [-0.39, 0.29) is 23.7 Å². The fourth-order valence-corrected chi connectivity index (χ4v) is 3.88. The molecule has 10 heteroatoms. The van der Waals surface area contributed by atoms with Crippen LogP contribution >= 0.6 is 0 Å². The molecule has 4 N–H and O–H groups in total.